The first-order valence-corrected chi connectivity index (χ1v) is 4.91. The number of nitrogens with zero attached hydrogens (tertiary/aromatic N) is 2. The molecule has 0 aliphatic rings. The summed E-state index contributed by atoms with van der Waals surface area (Å²) in [6.45, 7) is 2.11. The Kier molecular flexibility index (Phi) is 2.60. The molecule has 4 nitrogen and oxygen atoms in total. The normalized spacial score (nSPS) is 10.9. The van der Waals surface area contributed by atoms with Gasteiger partial charge < -0.3 is 14.1 Å². The Balaban J connectivity index is 2.45. The zero-order chi connectivity index (χ0) is 10.8. The molecule has 0 radical (unpaired) electrons. The molecular weight excluding hydrogens is 192 g/mol. The fourth-order valence-corrected chi connectivity index (χ4v) is 1.61. The van der Waals surface area contributed by atoms with Crippen LogP contribution in [-0.2, 0) is 13.5 Å². The molecule has 0 spiro atoms. The van der Waals surface area contributed by atoms with Gasteiger partial charge in [0.05, 0.1) is 12.0 Å². The third kappa shape index (κ3) is 1.68. The van der Waals surface area contributed by atoms with Crippen molar-refractivity contribution in [3.63, 3.8) is 0 Å². The van der Waals surface area contributed by atoms with Crippen LogP contribution in [-0.4, -0.2) is 21.3 Å². The van der Waals surface area contributed by atoms with Crippen molar-refractivity contribution in [2.24, 2.45) is 7.05 Å². The van der Waals surface area contributed by atoms with Crippen LogP contribution in [0.1, 0.15) is 11.4 Å². The highest BCUT2D eigenvalue weighted by Crippen LogP contribution is 2.21. The number of hydrogen-bond donors (Lipinski definition) is 1. The molecule has 2 rings (SSSR count). The molecule has 0 unspecified atom stereocenters. The van der Waals surface area contributed by atoms with E-state index in [1.165, 1.54) is 0 Å². The minimum Gasteiger partial charge on any atom is -0.461 e. The molecular formula is C11H14N2O2. The molecule has 0 amide bonds. The quantitative estimate of drug-likeness (QED) is 0.828. The van der Waals surface area contributed by atoms with E-state index in [0.29, 0.717) is 6.42 Å². The zero-order valence-electron chi connectivity index (χ0n) is 8.90. The number of hydrogen-bond acceptors (Lipinski definition) is 3. The van der Waals surface area contributed by atoms with Crippen molar-refractivity contribution in [3.05, 3.63) is 29.8 Å². The van der Waals surface area contributed by atoms with Gasteiger partial charge in [0.2, 0.25) is 0 Å². The first kappa shape index (κ1) is 9.98. The summed E-state index contributed by atoms with van der Waals surface area (Å²) < 4.78 is 7.28. The standard InChI is InChI=1S/C11H14N2O2/c1-8-9(5-6-14)12-11(13(8)2)10-4-3-7-15-10/h3-4,7,14H,5-6H2,1-2H3. The van der Waals surface area contributed by atoms with E-state index in [9.17, 15) is 0 Å². The van der Waals surface area contributed by atoms with Crippen molar-refractivity contribution in [3.8, 4) is 11.6 Å². The molecule has 0 bridgehead atoms. The molecule has 1 N–H and O–H groups in total. The molecule has 0 fully saturated rings. The second kappa shape index (κ2) is 3.90. The van der Waals surface area contributed by atoms with Gasteiger partial charge in [0.1, 0.15) is 0 Å². The highest BCUT2D eigenvalue weighted by atomic mass is 16.3. The van der Waals surface area contributed by atoms with E-state index >= 15 is 0 Å². The highest BCUT2D eigenvalue weighted by Gasteiger charge is 2.13. The van der Waals surface area contributed by atoms with Gasteiger partial charge in [-0.2, -0.15) is 0 Å². The fraction of sp³-hybridized carbons (Fsp3) is 0.364. The maximum Gasteiger partial charge on any atom is 0.176 e. The largest absolute Gasteiger partial charge is 0.461 e. The predicted molar refractivity (Wildman–Crippen MR) is 56.4 cm³/mol. The molecule has 2 heterocycles. The third-order valence-corrected chi connectivity index (χ3v) is 2.57. The lowest BCUT2D eigenvalue weighted by Gasteiger charge is -1.99. The molecule has 2 aromatic rings. The Morgan fingerprint density at radius 2 is 2.33 bits per heavy atom. The summed E-state index contributed by atoms with van der Waals surface area (Å²) in [5, 5.41) is 8.90. The SMILES string of the molecule is Cc1c(CCO)nc(-c2ccco2)n1C. The monoisotopic (exact) mass is 206 g/mol. The van der Waals surface area contributed by atoms with Crippen molar-refractivity contribution < 1.29 is 9.52 Å². The molecule has 15 heavy (non-hydrogen) atoms. The van der Waals surface area contributed by atoms with E-state index in [0.717, 1.165) is 23.0 Å². The number of furan rings is 1. The van der Waals surface area contributed by atoms with Gasteiger partial charge in [0.25, 0.3) is 0 Å². The van der Waals surface area contributed by atoms with E-state index < -0.39 is 0 Å². The molecule has 80 valence electrons. The maximum atomic E-state index is 8.90. The van der Waals surface area contributed by atoms with Crippen LogP contribution in [0.4, 0.5) is 0 Å². The van der Waals surface area contributed by atoms with Crippen LogP contribution in [0.3, 0.4) is 0 Å². The van der Waals surface area contributed by atoms with Crippen LogP contribution in [0.2, 0.25) is 0 Å². The summed E-state index contributed by atoms with van der Waals surface area (Å²) in [7, 11) is 1.95. The highest BCUT2D eigenvalue weighted by molar-refractivity contribution is 5.49. The molecule has 0 saturated carbocycles. The first-order chi connectivity index (χ1) is 7.24. The summed E-state index contributed by atoms with van der Waals surface area (Å²) >= 11 is 0. The minimum atomic E-state index is 0.120. The lowest BCUT2D eigenvalue weighted by molar-refractivity contribution is 0.298. The van der Waals surface area contributed by atoms with E-state index in [-0.39, 0.29) is 6.61 Å². The van der Waals surface area contributed by atoms with Crippen molar-refractivity contribution in [1.29, 1.82) is 0 Å². The van der Waals surface area contributed by atoms with Gasteiger partial charge in [-0.1, -0.05) is 0 Å². The van der Waals surface area contributed by atoms with Gasteiger partial charge in [-0.25, -0.2) is 4.98 Å². The Bertz CT molecular complexity index is 443. The summed E-state index contributed by atoms with van der Waals surface area (Å²) in [6.07, 6.45) is 2.21. The number of aliphatic hydroxyl groups excluding tert-OH is 1. The Labute approximate surface area is 88.2 Å². The lowest BCUT2D eigenvalue weighted by Crippen LogP contribution is -1.96. The van der Waals surface area contributed by atoms with E-state index in [2.05, 4.69) is 4.98 Å². The number of aliphatic hydroxyl groups is 1. The maximum absolute atomic E-state index is 8.90. The van der Waals surface area contributed by atoms with Crippen LogP contribution < -0.4 is 0 Å². The fourth-order valence-electron chi connectivity index (χ4n) is 1.61. The minimum absolute atomic E-state index is 0.120. The average molecular weight is 206 g/mol. The number of rotatable bonds is 3. The molecule has 0 aliphatic carbocycles. The zero-order valence-corrected chi connectivity index (χ0v) is 8.90. The summed E-state index contributed by atoms with van der Waals surface area (Å²) in [6, 6.07) is 3.72. The van der Waals surface area contributed by atoms with Crippen molar-refractivity contribution in [2.45, 2.75) is 13.3 Å². The van der Waals surface area contributed by atoms with Crippen LogP contribution >= 0.6 is 0 Å². The molecule has 4 heteroatoms. The summed E-state index contributed by atoms with van der Waals surface area (Å²) in [5.74, 6) is 1.56. The second-order valence-electron chi connectivity index (χ2n) is 3.48. The van der Waals surface area contributed by atoms with Gasteiger partial charge in [0.15, 0.2) is 11.6 Å². The van der Waals surface area contributed by atoms with Gasteiger partial charge >= 0.3 is 0 Å². The smallest absolute Gasteiger partial charge is 0.176 e. The predicted octanol–water partition coefficient (Wildman–Crippen LogP) is 1.52. The molecule has 0 aromatic carbocycles. The summed E-state index contributed by atoms with van der Waals surface area (Å²) in [5.41, 5.74) is 1.99. The van der Waals surface area contributed by atoms with Crippen LogP contribution in [0.15, 0.2) is 22.8 Å². The van der Waals surface area contributed by atoms with E-state index in [4.69, 9.17) is 9.52 Å². The van der Waals surface area contributed by atoms with Crippen molar-refractivity contribution >= 4 is 0 Å². The third-order valence-electron chi connectivity index (χ3n) is 2.57. The van der Waals surface area contributed by atoms with Crippen molar-refractivity contribution in [1.82, 2.24) is 9.55 Å². The van der Waals surface area contributed by atoms with Gasteiger partial charge in [-0.3, -0.25) is 0 Å². The average Bonchev–Trinajstić information content (AvgIpc) is 2.82. The number of aromatic nitrogens is 2. The Hall–Kier alpha value is -1.55. The van der Waals surface area contributed by atoms with Crippen LogP contribution in [0.25, 0.3) is 11.6 Å². The van der Waals surface area contributed by atoms with Crippen LogP contribution in [0, 0.1) is 6.92 Å². The molecule has 2 aromatic heterocycles. The lowest BCUT2D eigenvalue weighted by atomic mass is 10.3. The van der Waals surface area contributed by atoms with Gasteiger partial charge in [-0.15, -0.1) is 0 Å². The Morgan fingerprint density at radius 1 is 1.53 bits per heavy atom. The molecule has 0 saturated heterocycles. The topological polar surface area (TPSA) is 51.2 Å². The van der Waals surface area contributed by atoms with Crippen LogP contribution in [0.5, 0.6) is 0 Å². The first-order valence-electron chi connectivity index (χ1n) is 4.91. The Morgan fingerprint density at radius 3 is 2.93 bits per heavy atom. The number of imidazole rings is 1. The summed E-state index contributed by atoms with van der Waals surface area (Å²) in [4.78, 5) is 4.45. The molecule has 0 aliphatic heterocycles. The van der Waals surface area contributed by atoms with Crippen molar-refractivity contribution in [2.75, 3.05) is 6.61 Å². The van der Waals surface area contributed by atoms with E-state index in [1.807, 2.05) is 30.7 Å². The second-order valence-corrected chi connectivity index (χ2v) is 3.48. The van der Waals surface area contributed by atoms with Gasteiger partial charge in [0, 0.05) is 25.8 Å². The van der Waals surface area contributed by atoms with Gasteiger partial charge in [-0.05, 0) is 19.1 Å². The van der Waals surface area contributed by atoms with E-state index in [1.54, 1.807) is 6.26 Å². The molecule has 0 atom stereocenters.